The second kappa shape index (κ2) is 14.1. The van der Waals surface area contributed by atoms with E-state index in [9.17, 15) is 14.4 Å². The largest absolute Gasteiger partial charge is 0.370 e. The summed E-state index contributed by atoms with van der Waals surface area (Å²) in [5.41, 5.74) is 4.52. The van der Waals surface area contributed by atoms with Crippen molar-refractivity contribution in [2.24, 2.45) is 5.41 Å². The van der Waals surface area contributed by atoms with E-state index in [0.717, 1.165) is 56.4 Å². The summed E-state index contributed by atoms with van der Waals surface area (Å²) in [6, 6.07) is 17.1. The van der Waals surface area contributed by atoms with E-state index in [1.165, 1.54) is 11.3 Å². The molecule has 0 spiro atoms. The number of para-hydroxylation sites is 2. The van der Waals surface area contributed by atoms with E-state index in [0.29, 0.717) is 32.2 Å². The number of carbonyl (C=O) groups excluding carboxylic acids is 3. The van der Waals surface area contributed by atoms with Gasteiger partial charge in [0.25, 0.3) is 0 Å². The molecule has 9 nitrogen and oxygen atoms in total. The lowest BCUT2D eigenvalue weighted by atomic mass is 9.92. The third-order valence-corrected chi connectivity index (χ3v) is 11.9. The van der Waals surface area contributed by atoms with Crippen LogP contribution < -0.4 is 10.2 Å². The predicted molar refractivity (Wildman–Crippen MR) is 195 cm³/mol. The molecule has 2 aromatic rings. The van der Waals surface area contributed by atoms with E-state index in [1.807, 2.05) is 32.9 Å². The molecule has 4 amide bonds. The first-order valence-electron chi connectivity index (χ1n) is 17.4. The Morgan fingerprint density at radius 1 is 0.979 bits per heavy atom. The highest BCUT2D eigenvalue weighted by atomic mass is 32.2. The number of urea groups is 1. The Kier molecular flexibility index (Phi) is 10.1. The molecule has 4 aliphatic rings. The molecule has 10 heteroatoms. The highest BCUT2D eigenvalue weighted by Crippen LogP contribution is 2.48. The molecule has 2 unspecified atom stereocenters. The highest BCUT2D eigenvalue weighted by Gasteiger charge is 2.44. The number of benzene rings is 2. The molecule has 0 radical (unpaired) electrons. The number of nitrogens with one attached hydrogen (secondary N) is 1. The van der Waals surface area contributed by atoms with E-state index in [4.69, 9.17) is 0 Å². The Labute approximate surface area is 288 Å². The van der Waals surface area contributed by atoms with Crippen molar-refractivity contribution >= 4 is 41.0 Å². The average molecular weight is 665 g/mol. The van der Waals surface area contributed by atoms with Crippen molar-refractivity contribution in [1.29, 1.82) is 0 Å². The molecule has 0 bridgehead atoms. The van der Waals surface area contributed by atoms with Crippen LogP contribution in [0.15, 0.2) is 48.5 Å². The molecule has 4 aliphatic heterocycles. The molecule has 2 aromatic carbocycles. The van der Waals surface area contributed by atoms with E-state index in [-0.39, 0.29) is 44.0 Å². The van der Waals surface area contributed by atoms with Crippen LogP contribution in [0, 0.1) is 5.41 Å². The number of likely N-dealkylation sites (N-methyl/N-ethyl adjacent to an activating group) is 1. The Morgan fingerprint density at radius 2 is 1.70 bits per heavy atom. The van der Waals surface area contributed by atoms with Crippen LogP contribution in [0.1, 0.15) is 72.2 Å². The summed E-state index contributed by atoms with van der Waals surface area (Å²) < 4.78 is 0. The molecule has 0 aliphatic carbocycles. The van der Waals surface area contributed by atoms with Gasteiger partial charge in [0.2, 0.25) is 11.8 Å². The normalized spacial score (nSPS) is 24.2. The molecule has 0 saturated carbocycles. The predicted octanol–water partition coefficient (Wildman–Crippen LogP) is 6.17. The van der Waals surface area contributed by atoms with Crippen LogP contribution in [-0.2, 0) is 16.0 Å². The van der Waals surface area contributed by atoms with Gasteiger partial charge in [0.1, 0.15) is 5.37 Å². The first-order valence-corrected chi connectivity index (χ1v) is 18.3. The zero-order valence-corrected chi connectivity index (χ0v) is 29.6. The summed E-state index contributed by atoms with van der Waals surface area (Å²) in [5, 5.41) is 2.56. The van der Waals surface area contributed by atoms with Crippen molar-refractivity contribution in [2.75, 3.05) is 63.6 Å². The number of likely N-dealkylation sites (tertiary alicyclic amines) is 1. The highest BCUT2D eigenvalue weighted by molar-refractivity contribution is 8.01. The minimum Gasteiger partial charge on any atom is -0.370 e. The van der Waals surface area contributed by atoms with Crippen LogP contribution in [0.4, 0.5) is 16.2 Å². The van der Waals surface area contributed by atoms with Gasteiger partial charge in [-0.25, -0.2) is 4.79 Å². The Balaban J connectivity index is 0.00000270. The number of fused-ring (bicyclic) bond motifs is 1. The monoisotopic (exact) mass is 664 g/mol. The topological polar surface area (TPSA) is 79.4 Å². The molecule has 6 rings (SSSR count). The standard InChI is InChI=1S/C37H52N6O3S.2H2/c1-37(2,3)18-23-43-34(45)32(47-35(43)29-11-7-9-13-31(29)41-21-17-28(25-41)39(4)5)24-33(44)40-19-15-27(16-20-40)42-22-14-26-10-6-8-12-30(26)38-36(42)46;;/h6-13,27-28,32,35H,14-25H2,1-5H3,(H,38,46);2*1H/t28-,32?,35?;;/m1../s1. The molecule has 3 saturated heterocycles. The van der Waals surface area contributed by atoms with Gasteiger partial charge in [0, 0.05) is 77.6 Å². The molecule has 47 heavy (non-hydrogen) atoms. The number of piperidine rings is 1. The van der Waals surface area contributed by atoms with Gasteiger partial charge in [-0.1, -0.05) is 57.2 Å². The summed E-state index contributed by atoms with van der Waals surface area (Å²) in [6.45, 7) is 11.2. The van der Waals surface area contributed by atoms with Gasteiger partial charge in [-0.2, -0.15) is 0 Å². The Morgan fingerprint density at radius 3 is 2.43 bits per heavy atom. The first kappa shape index (κ1) is 33.7. The minimum absolute atomic E-state index is 0. The number of thioether (sulfide) groups is 1. The lowest BCUT2D eigenvalue weighted by Crippen LogP contribution is -2.50. The fourth-order valence-corrected chi connectivity index (χ4v) is 8.97. The zero-order chi connectivity index (χ0) is 33.3. The van der Waals surface area contributed by atoms with E-state index in [2.05, 4.69) is 80.3 Å². The fourth-order valence-electron chi connectivity index (χ4n) is 7.47. The molecule has 4 heterocycles. The number of hydrogen-bond acceptors (Lipinski definition) is 6. The first-order chi connectivity index (χ1) is 22.5. The summed E-state index contributed by atoms with van der Waals surface area (Å²) >= 11 is 1.65. The molecular formula is C37H56N6O3S. The van der Waals surface area contributed by atoms with Crippen molar-refractivity contribution in [3.63, 3.8) is 0 Å². The molecule has 258 valence electrons. The smallest absolute Gasteiger partial charge is 0.322 e. The van der Waals surface area contributed by atoms with Crippen LogP contribution in [0.2, 0.25) is 0 Å². The average Bonchev–Trinajstić information content (AvgIpc) is 3.61. The molecular weight excluding hydrogens is 609 g/mol. The van der Waals surface area contributed by atoms with Gasteiger partial charge in [-0.15, -0.1) is 11.8 Å². The van der Waals surface area contributed by atoms with Crippen molar-refractivity contribution in [3.8, 4) is 0 Å². The Bertz CT molecular complexity index is 1460. The van der Waals surface area contributed by atoms with Crippen LogP contribution in [0.3, 0.4) is 0 Å². The fraction of sp³-hybridized carbons (Fsp3) is 0.595. The second-order valence-corrected chi connectivity index (χ2v) is 16.4. The Hall–Kier alpha value is -3.24. The summed E-state index contributed by atoms with van der Waals surface area (Å²) in [5.74, 6) is 0.121. The number of anilines is 2. The van der Waals surface area contributed by atoms with Crippen LogP contribution in [0.25, 0.3) is 0 Å². The van der Waals surface area contributed by atoms with E-state index in [1.54, 1.807) is 11.8 Å². The lowest BCUT2D eigenvalue weighted by Gasteiger charge is -2.38. The summed E-state index contributed by atoms with van der Waals surface area (Å²) in [4.78, 5) is 51.6. The number of nitrogens with zero attached hydrogens (tertiary/aromatic N) is 5. The van der Waals surface area contributed by atoms with Crippen molar-refractivity contribution in [1.82, 2.24) is 19.6 Å². The van der Waals surface area contributed by atoms with Gasteiger partial charge >= 0.3 is 6.03 Å². The minimum atomic E-state index is -0.402. The van der Waals surface area contributed by atoms with Crippen LogP contribution in [-0.4, -0.2) is 108 Å². The van der Waals surface area contributed by atoms with Gasteiger partial charge in [0.05, 0.1) is 5.25 Å². The molecule has 0 aromatic heterocycles. The van der Waals surface area contributed by atoms with Gasteiger partial charge in [-0.3, -0.25) is 9.59 Å². The molecule has 1 N–H and O–H groups in total. The van der Waals surface area contributed by atoms with E-state index >= 15 is 0 Å². The third kappa shape index (κ3) is 7.59. The SMILES string of the molecule is CN(C)[C@@H]1CCN(c2ccccc2C2SC(CC(=O)N3CCC(N4CCc5ccccc5NC4=O)CC3)C(=O)N2CCC(C)(C)C)C1.[HH].[HH]. The van der Waals surface area contributed by atoms with Crippen LogP contribution in [0.5, 0.6) is 0 Å². The summed E-state index contributed by atoms with van der Waals surface area (Å²) in [7, 11) is 4.30. The maximum Gasteiger partial charge on any atom is 0.322 e. The van der Waals surface area contributed by atoms with E-state index < -0.39 is 5.25 Å². The third-order valence-electron chi connectivity index (χ3n) is 10.4. The van der Waals surface area contributed by atoms with Crippen molar-refractivity contribution in [3.05, 3.63) is 59.7 Å². The maximum absolute atomic E-state index is 14.1. The summed E-state index contributed by atoms with van der Waals surface area (Å²) in [6.07, 6.45) is 4.55. The quantitative estimate of drug-likeness (QED) is 0.364. The maximum atomic E-state index is 14.1. The van der Waals surface area contributed by atoms with Gasteiger partial charge < -0.3 is 29.8 Å². The van der Waals surface area contributed by atoms with Crippen molar-refractivity contribution in [2.45, 2.75) is 82.0 Å². The van der Waals surface area contributed by atoms with Gasteiger partial charge in [0.15, 0.2) is 0 Å². The number of hydrogen-bond donors (Lipinski definition) is 1. The number of rotatable bonds is 8. The molecule has 3 fully saturated rings. The number of carbonyl (C=O) groups is 3. The van der Waals surface area contributed by atoms with Crippen molar-refractivity contribution < 1.29 is 17.2 Å². The van der Waals surface area contributed by atoms with Gasteiger partial charge in [-0.05, 0) is 69.3 Å². The molecule has 3 atom stereocenters. The number of amides is 4. The lowest BCUT2D eigenvalue weighted by molar-refractivity contribution is -0.137. The zero-order valence-electron chi connectivity index (χ0n) is 28.8. The van der Waals surface area contributed by atoms with Crippen LogP contribution >= 0.6 is 11.8 Å². The second-order valence-electron chi connectivity index (χ2n) is 15.1.